The Balaban J connectivity index is 2.30. The lowest BCUT2D eigenvalue weighted by molar-refractivity contribution is 0.0871. The maximum Gasteiger partial charge on any atom is 0.156 e. The highest BCUT2D eigenvalue weighted by Crippen LogP contribution is 2.22. The molecule has 3 unspecified atom stereocenters. The molecule has 0 aromatic carbocycles. The number of ether oxygens (including phenoxy) is 1. The molecule has 0 amide bonds. The van der Waals surface area contributed by atoms with Crippen LogP contribution in [0, 0.1) is 5.92 Å². The zero-order valence-electron chi connectivity index (χ0n) is 9.44. The Kier molecular flexibility index (Phi) is 4.84. The van der Waals surface area contributed by atoms with Gasteiger partial charge < -0.3 is 21.0 Å². The quantitative estimate of drug-likeness (QED) is 0.270. The van der Waals surface area contributed by atoms with Crippen LogP contribution >= 0.6 is 0 Å². The fourth-order valence-electron chi connectivity index (χ4n) is 1.90. The van der Waals surface area contributed by atoms with Gasteiger partial charge in [-0.25, -0.2) is 0 Å². The highest BCUT2D eigenvalue weighted by atomic mass is 16.5. The van der Waals surface area contributed by atoms with E-state index < -0.39 is 0 Å². The van der Waals surface area contributed by atoms with Crippen LogP contribution in [-0.2, 0) is 4.74 Å². The van der Waals surface area contributed by atoms with Crippen LogP contribution in [0.4, 0.5) is 0 Å². The first-order valence-electron chi connectivity index (χ1n) is 5.51. The molecule has 3 atom stereocenters. The number of nitrogens with two attached hydrogens (primary N) is 1. The molecule has 1 aliphatic heterocycles. The molecule has 0 bridgehead atoms. The van der Waals surface area contributed by atoms with Crippen LogP contribution in [0.2, 0.25) is 0 Å². The molecule has 1 fully saturated rings. The van der Waals surface area contributed by atoms with Gasteiger partial charge in [-0.1, -0.05) is 12.1 Å². The van der Waals surface area contributed by atoms with E-state index in [1.54, 1.807) is 0 Å². The fourth-order valence-corrected chi connectivity index (χ4v) is 1.90. The van der Waals surface area contributed by atoms with Crippen molar-refractivity contribution < 1.29 is 9.94 Å². The average molecular weight is 215 g/mol. The van der Waals surface area contributed by atoms with Gasteiger partial charge in [-0.05, 0) is 25.7 Å². The second-order valence-electron chi connectivity index (χ2n) is 4.02. The van der Waals surface area contributed by atoms with Crippen LogP contribution in [0.3, 0.4) is 0 Å². The van der Waals surface area contributed by atoms with Gasteiger partial charge in [-0.2, -0.15) is 0 Å². The van der Waals surface area contributed by atoms with E-state index in [0.717, 1.165) is 26.0 Å². The molecule has 0 spiro atoms. The topological polar surface area (TPSA) is 79.9 Å². The monoisotopic (exact) mass is 215 g/mol. The molecule has 5 heteroatoms. The second kappa shape index (κ2) is 5.92. The Bertz CT molecular complexity index is 221. The summed E-state index contributed by atoms with van der Waals surface area (Å²) in [5, 5.41) is 14.7. The molecule has 0 saturated carbocycles. The van der Waals surface area contributed by atoms with Crippen molar-refractivity contribution in [3.63, 3.8) is 0 Å². The summed E-state index contributed by atoms with van der Waals surface area (Å²) in [6.45, 7) is 5.72. The number of rotatable bonds is 5. The largest absolute Gasteiger partial charge is 0.409 e. The first kappa shape index (κ1) is 12.3. The summed E-state index contributed by atoms with van der Waals surface area (Å²) < 4.78 is 5.58. The van der Waals surface area contributed by atoms with E-state index in [1.807, 2.05) is 6.92 Å². The lowest BCUT2D eigenvalue weighted by Crippen LogP contribution is -2.42. The van der Waals surface area contributed by atoms with Gasteiger partial charge in [0.2, 0.25) is 0 Å². The summed E-state index contributed by atoms with van der Waals surface area (Å²) in [5.74, 6) is 0.769. The molecule has 1 saturated heterocycles. The molecular formula is C10H21N3O2. The number of oxime groups is 1. The molecule has 88 valence electrons. The van der Waals surface area contributed by atoms with Crippen molar-refractivity contribution in [3.8, 4) is 0 Å². The van der Waals surface area contributed by atoms with E-state index in [9.17, 15) is 0 Å². The minimum Gasteiger partial charge on any atom is -0.409 e. The van der Waals surface area contributed by atoms with Crippen LogP contribution in [0.5, 0.6) is 0 Å². The maximum atomic E-state index is 8.49. The smallest absolute Gasteiger partial charge is 0.156 e. The van der Waals surface area contributed by atoms with Crippen LogP contribution in [0.1, 0.15) is 26.7 Å². The highest BCUT2D eigenvalue weighted by Gasteiger charge is 2.26. The predicted molar refractivity (Wildman–Crippen MR) is 59.0 cm³/mol. The molecule has 0 aliphatic carbocycles. The van der Waals surface area contributed by atoms with Crippen LogP contribution < -0.4 is 11.1 Å². The number of hydrogen-bond donors (Lipinski definition) is 3. The van der Waals surface area contributed by atoms with Crippen molar-refractivity contribution >= 4 is 5.84 Å². The number of nitrogens with one attached hydrogen (secondary N) is 1. The molecule has 1 rings (SSSR count). The average Bonchev–Trinajstić information content (AvgIpc) is 2.71. The minimum absolute atomic E-state index is 0.0897. The van der Waals surface area contributed by atoms with Crippen molar-refractivity contribution in [2.75, 3.05) is 13.2 Å². The van der Waals surface area contributed by atoms with E-state index in [2.05, 4.69) is 17.4 Å². The number of nitrogens with zero attached hydrogens (tertiary/aromatic N) is 1. The van der Waals surface area contributed by atoms with Crippen LogP contribution in [0.25, 0.3) is 0 Å². The van der Waals surface area contributed by atoms with Crippen LogP contribution in [0.15, 0.2) is 5.16 Å². The molecule has 4 N–H and O–H groups in total. The Labute approximate surface area is 90.7 Å². The Morgan fingerprint density at radius 2 is 2.47 bits per heavy atom. The van der Waals surface area contributed by atoms with Gasteiger partial charge in [0.05, 0.1) is 12.1 Å². The van der Waals surface area contributed by atoms with E-state index in [-0.39, 0.29) is 11.9 Å². The molecular weight excluding hydrogens is 194 g/mol. The Morgan fingerprint density at radius 3 is 3.07 bits per heavy atom. The van der Waals surface area contributed by atoms with Gasteiger partial charge in [0.25, 0.3) is 0 Å². The van der Waals surface area contributed by atoms with Crippen molar-refractivity contribution in [2.24, 2.45) is 16.8 Å². The number of hydrogen-bond acceptors (Lipinski definition) is 4. The third-order valence-electron chi connectivity index (χ3n) is 2.99. The molecule has 5 nitrogen and oxygen atoms in total. The maximum absolute atomic E-state index is 8.49. The minimum atomic E-state index is -0.0897. The van der Waals surface area contributed by atoms with E-state index >= 15 is 0 Å². The van der Waals surface area contributed by atoms with E-state index in [4.69, 9.17) is 15.7 Å². The van der Waals surface area contributed by atoms with Crippen molar-refractivity contribution in [2.45, 2.75) is 38.8 Å². The third kappa shape index (κ3) is 3.35. The molecule has 0 aromatic rings. The van der Waals surface area contributed by atoms with Crippen molar-refractivity contribution in [3.05, 3.63) is 0 Å². The zero-order chi connectivity index (χ0) is 11.3. The lowest BCUT2D eigenvalue weighted by atomic mass is 9.99. The normalized spacial score (nSPS) is 29.3. The molecule has 0 radical (unpaired) electrons. The summed E-state index contributed by atoms with van der Waals surface area (Å²) in [6.07, 6.45) is 2.50. The Hall–Kier alpha value is -0.810. The van der Waals surface area contributed by atoms with Crippen molar-refractivity contribution in [1.82, 2.24) is 5.32 Å². The van der Waals surface area contributed by atoms with Gasteiger partial charge in [0.1, 0.15) is 0 Å². The SMILES string of the molecule is CCC1OCCC1CNC(C)C(N)=NO. The third-order valence-corrected chi connectivity index (χ3v) is 2.99. The standard InChI is InChI=1S/C10H21N3O2/c1-3-9-8(4-5-15-9)6-12-7(2)10(11)13-14/h7-9,12,14H,3-6H2,1-2H3,(H2,11,13). The molecule has 15 heavy (non-hydrogen) atoms. The lowest BCUT2D eigenvalue weighted by Gasteiger charge is -2.19. The van der Waals surface area contributed by atoms with Gasteiger partial charge in [-0.3, -0.25) is 0 Å². The van der Waals surface area contributed by atoms with Gasteiger partial charge >= 0.3 is 0 Å². The van der Waals surface area contributed by atoms with Gasteiger partial charge in [0, 0.05) is 13.2 Å². The van der Waals surface area contributed by atoms with Crippen molar-refractivity contribution in [1.29, 1.82) is 0 Å². The predicted octanol–water partition coefficient (Wildman–Crippen LogP) is 0.526. The van der Waals surface area contributed by atoms with Crippen LogP contribution in [-0.4, -0.2) is 36.3 Å². The molecule has 0 aromatic heterocycles. The summed E-state index contributed by atoms with van der Waals surface area (Å²) in [4.78, 5) is 0. The first-order valence-corrected chi connectivity index (χ1v) is 5.51. The molecule has 1 heterocycles. The summed E-state index contributed by atoms with van der Waals surface area (Å²) in [5.41, 5.74) is 5.47. The van der Waals surface area contributed by atoms with E-state index in [1.165, 1.54) is 0 Å². The highest BCUT2D eigenvalue weighted by molar-refractivity contribution is 5.84. The van der Waals surface area contributed by atoms with Gasteiger partial charge in [0.15, 0.2) is 5.84 Å². The fraction of sp³-hybridized carbons (Fsp3) is 0.900. The number of amidine groups is 1. The Morgan fingerprint density at radius 1 is 1.73 bits per heavy atom. The zero-order valence-corrected chi connectivity index (χ0v) is 9.44. The summed E-state index contributed by atoms with van der Waals surface area (Å²) >= 11 is 0. The second-order valence-corrected chi connectivity index (χ2v) is 4.02. The molecule has 1 aliphatic rings. The summed E-state index contributed by atoms with van der Waals surface area (Å²) in [6, 6.07) is -0.0897. The summed E-state index contributed by atoms with van der Waals surface area (Å²) in [7, 11) is 0. The van der Waals surface area contributed by atoms with Gasteiger partial charge in [-0.15, -0.1) is 0 Å². The van der Waals surface area contributed by atoms with E-state index in [0.29, 0.717) is 12.0 Å². The first-order chi connectivity index (χ1) is 7.19.